The number of hydrogen-bond acceptors (Lipinski definition) is 1. The minimum Gasteiger partial charge on any atom is -0.507 e. The summed E-state index contributed by atoms with van der Waals surface area (Å²) >= 11 is 0. The molecular formula is C25H44O. The molecule has 0 amide bonds. The van der Waals surface area contributed by atoms with Crippen LogP contribution in [0.5, 0.6) is 5.75 Å². The van der Waals surface area contributed by atoms with E-state index in [1.54, 1.807) is 0 Å². The van der Waals surface area contributed by atoms with Gasteiger partial charge in [0.15, 0.2) is 0 Å². The first-order chi connectivity index (χ1) is 12.8. The zero-order valence-electron chi connectivity index (χ0n) is 17.7. The van der Waals surface area contributed by atoms with Crippen molar-refractivity contribution in [3.8, 4) is 5.75 Å². The van der Waals surface area contributed by atoms with Crippen molar-refractivity contribution in [1.29, 1.82) is 0 Å². The van der Waals surface area contributed by atoms with E-state index in [-0.39, 0.29) is 0 Å². The second kappa shape index (κ2) is 16.2. The number of phenolic OH excluding ortho intramolecular Hbond substituents is 1. The number of hydrogen-bond donors (Lipinski definition) is 1. The van der Waals surface area contributed by atoms with Crippen LogP contribution in [0.4, 0.5) is 0 Å². The van der Waals surface area contributed by atoms with Gasteiger partial charge in [-0.25, -0.2) is 0 Å². The third-order valence-corrected chi connectivity index (χ3v) is 5.62. The summed E-state index contributed by atoms with van der Waals surface area (Å²) in [4.78, 5) is 0. The lowest BCUT2D eigenvalue weighted by Gasteiger charge is -2.07. The molecule has 0 aliphatic heterocycles. The van der Waals surface area contributed by atoms with Gasteiger partial charge >= 0.3 is 0 Å². The molecule has 0 atom stereocenters. The Kier molecular flexibility index (Phi) is 14.4. The molecule has 0 unspecified atom stereocenters. The lowest BCUT2D eigenvalue weighted by atomic mass is 10.0. The summed E-state index contributed by atoms with van der Waals surface area (Å²) in [5.74, 6) is 0.508. The first kappa shape index (κ1) is 23.1. The molecule has 0 saturated carbocycles. The Hall–Kier alpha value is -0.980. The Morgan fingerprint density at radius 3 is 1.50 bits per heavy atom. The van der Waals surface area contributed by atoms with Crippen molar-refractivity contribution in [2.75, 3.05) is 0 Å². The Bertz CT molecular complexity index is 438. The van der Waals surface area contributed by atoms with Crippen LogP contribution < -0.4 is 0 Å². The van der Waals surface area contributed by atoms with Crippen LogP contribution in [0.25, 0.3) is 0 Å². The monoisotopic (exact) mass is 360 g/mol. The molecule has 26 heavy (non-hydrogen) atoms. The molecule has 0 radical (unpaired) electrons. The highest BCUT2D eigenvalue weighted by Gasteiger charge is 2.03. The molecule has 0 bridgehead atoms. The van der Waals surface area contributed by atoms with Gasteiger partial charge in [0.05, 0.1) is 0 Å². The van der Waals surface area contributed by atoms with E-state index in [9.17, 15) is 5.11 Å². The molecule has 1 N–H and O–H groups in total. The second-order valence-electron chi connectivity index (χ2n) is 8.14. The summed E-state index contributed by atoms with van der Waals surface area (Å²) in [5, 5.41) is 10.0. The van der Waals surface area contributed by atoms with Crippen LogP contribution in [-0.2, 0) is 6.42 Å². The number of phenols is 1. The minimum atomic E-state index is 0.508. The Labute approximate surface area is 163 Å². The van der Waals surface area contributed by atoms with E-state index in [2.05, 4.69) is 19.1 Å². The largest absolute Gasteiger partial charge is 0.507 e. The van der Waals surface area contributed by atoms with Crippen molar-refractivity contribution in [2.45, 2.75) is 123 Å². The van der Waals surface area contributed by atoms with Gasteiger partial charge in [-0.15, -0.1) is 0 Å². The first-order valence-corrected chi connectivity index (χ1v) is 11.5. The number of para-hydroxylation sites is 1. The summed E-state index contributed by atoms with van der Waals surface area (Å²) in [6.07, 6.45) is 23.5. The van der Waals surface area contributed by atoms with E-state index in [4.69, 9.17) is 0 Å². The third-order valence-electron chi connectivity index (χ3n) is 5.62. The van der Waals surface area contributed by atoms with Gasteiger partial charge in [0.25, 0.3) is 0 Å². The van der Waals surface area contributed by atoms with E-state index in [0.29, 0.717) is 5.75 Å². The highest BCUT2D eigenvalue weighted by Crippen LogP contribution is 2.23. The summed E-state index contributed by atoms with van der Waals surface area (Å²) in [6.45, 7) is 4.27. The normalized spacial score (nSPS) is 11.2. The van der Waals surface area contributed by atoms with Crippen LogP contribution in [0.15, 0.2) is 18.2 Å². The zero-order valence-corrected chi connectivity index (χ0v) is 17.7. The van der Waals surface area contributed by atoms with E-state index in [1.165, 1.54) is 103 Å². The molecule has 1 aromatic carbocycles. The molecule has 0 aliphatic carbocycles. The highest BCUT2D eigenvalue weighted by molar-refractivity contribution is 5.39. The number of benzene rings is 1. The summed E-state index contributed by atoms with van der Waals surface area (Å²) in [7, 11) is 0. The average Bonchev–Trinajstić information content (AvgIpc) is 2.64. The molecule has 150 valence electrons. The highest BCUT2D eigenvalue weighted by atomic mass is 16.3. The van der Waals surface area contributed by atoms with Crippen LogP contribution in [0, 0.1) is 6.92 Å². The fourth-order valence-electron chi connectivity index (χ4n) is 3.79. The fraction of sp³-hybridized carbons (Fsp3) is 0.760. The molecule has 0 fully saturated rings. The lowest BCUT2D eigenvalue weighted by molar-refractivity contribution is 0.461. The second-order valence-corrected chi connectivity index (χ2v) is 8.14. The molecule has 1 rings (SSSR count). The van der Waals surface area contributed by atoms with E-state index < -0.39 is 0 Å². The minimum absolute atomic E-state index is 0.508. The Balaban J connectivity index is 1.80. The van der Waals surface area contributed by atoms with Gasteiger partial charge in [0.1, 0.15) is 5.75 Å². The van der Waals surface area contributed by atoms with Gasteiger partial charge in [0, 0.05) is 0 Å². The van der Waals surface area contributed by atoms with Crippen molar-refractivity contribution < 1.29 is 5.11 Å². The van der Waals surface area contributed by atoms with Crippen LogP contribution in [0.1, 0.15) is 121 Å². The lowest BCUT2D eigenvalue weighted by Crippen LogP contribution is -1.89. The number of unbranched alkanes of at least 4 members (excludes halogenated alkanes) is 15. The SMILES string of the molecule is CCCCCCCCCCCCCCCCCCc1cccc(C)c1O. The van der Waals surface area contributed by atoms with E-state index in [1.807, 2.05) is 13.0 Å². The topological polar surface area (TPSA) is 20.2 Å². The molecule has 1 heteroatoms. The van der Waals surface area contributed by atoms with Gasteiger partial charge in [-0.05, 0) is 30.9 Å². The predicted molar refractivity (Wildman–Crippen MR) is 116 cm³/mol. The van der Waals surface area contributed by atoms with Crippen LogP contribution in [-0.4, -0.2) is 5.11 Å². The summed E-state index contributed by atoms with van der Waals surface area (Å²) in [5.41, 5.74) is 2.12. The fourth-order valence-corrected chi connectivity index (χ4v) is 3.79. The van der Waals surface area contributed by atoms with Crippen LogP contribution in [0.3, 0.4) is 0 Å². The van der Waals surface area contributed by atoms with Crippen molar-refractivity contribution in [1.82, 2.24) is 0 Å². The number of aromatic hydroxyl groups is 1. The molecule has 0 saturated heterocycles. The van der Waals surface area contributed by atoms with Crippen molar-refractivity contribution >= 4 is 0 Å². The Morgan fingerprint density at radius 1 is 0.615 bits per heavy atom. The molecular weight excluding hydrogens is 316 g/mol. The van der Waals surface area contributed by atoms with Gasteiger partial charge in [0.2, 0.25) is 0 Å². The summed E-state index contributed by atoms with van der Waals surface area (Å²) in [6, 6.07) is 6.09. The molecule has 0 aromatic heterocycles. The van der Waals surface area contributed by atoms with E-state index in [0.717, 1.165) is 17.5 Å². The van der Waals surface area contributed by atoms with Crippen LogP contribution in [0.2, 0.25) is 0 Å². The van der Waals surface area contributed by atoms with Gasteiger partial charge < -0.3 is 5.11 Å². The number of aryl methyl sites for hydroxylation is 2. The maximum Gasteiger partial charge on any atom is 0.121 e. The van der Waals surface area contributed by atoms with Crippen molar-refractivity contribution in [2.24, 2.45) is 0 Å². The average molecular weight is 361 g/mol. The molecule has 0 spiro atoms. The third kappa shape index (κ3) is 11.6. The molecule has 0 heterocycles. The quantitative estimate of drug-likeness (QED) is 0.276. The van der Waals surface area contributed by atoms with Crippen molar-refractivity contribution in [3.05, 3.63) is 29.3 Å². The smallest absolute Gasteiger partial charge is 0.121 e. The Morgan fingerprint density at radius 2 is 1.04 bits per heavy atom. The zero-order chi connectivity index (χ0) is 18.9. The van der Waals surface area contributed by atoms with Gasteiger partial charge in [-0.2, -0.15) is 0 Å². The van der Waals surface area contributed by atoms with Gasteiger partial charge in [-0.1, -0.05) is 121 Å². The van der Waals surface area contributed by atoms with Crippen LogP contribution >= 0.6 is 0 Å². The maximum absolute atomic E-state index is 10.0. The molecule has 0 aliphatic rings. The summed E-state index contributed by atoms with van der Waals surface area (Å²) < 4.78 is 0. The first-order valence-electron chi connectivity index (χ1n) is 11.5. The molecule has 1 nitrogen and oxygen atoms in total. The molecule has 1 aromatic rings. The van der Waals surface area contributed by atoms with Gasteiger partial charge in [-0.3, -0.25) is 0 Å². The number of rotatable bonds is 17. The van der Waals surface area contributed by atoms with Crippen molar-refractivity contribution in [3.63, 3.8) is 0 Å². The van der Waals surface area contributed by atoms with E-state index >= 15 is 0 Å². The standard InChI is InChI=1S/C25H44O/c1-3-4-5-6-7-8-9-10-11-12-13-14-15-16-17-18-21-24-22-19-20-23(2)25(24)26/h19-20,22,26H,3-18,21H2,1-2H3. The predicted octanol–water partition coefficient (Wildman–Crippen LogP) is 8.50. The maximum atomic E-state index is 10.0.